The van der Waals surface area contributed by atoms with Crippen LogP contribution in [0, 0.1) is 20.8 Å². The van der Waals surface area contributed by atoms with Gasteiger partial charge in [-0.2, -0.15) is 0 Å². The van der Waals surface area contributed by atoms with Crippen molar-refractivity contribution >= 4 is 23.0 Å². The van der Waals surface area contributed by atoms with Gasteiger partial charge in [0, 0.05) is 35.2 Å². The Morgan fingerprint density at radius 2 is 1.76 bits per heavy atom. The molecule has 0 aliphatic carbocycles. The summed E-state index contributed by atoms with van der Waals surface area (Å²) in [6.07, 6.45) is 0.479. The molecule has 0 aliphatic heterocycles. The third-order valence-corrected chi connectivity index (χ3v) is 5.02. The highest BCUT2D eigenvalue weighted by Crippen LogP contribution is 2.22. The van der Waals surface area contributed by atoms with Crippen molar-refractivity contribution < 1.29 is 14.3 Å². The van der Waals surface area contributed by atoms with E-state index in [9.17, 15) is 9.59 Å². The number of thiophene rings is 1. The number of hydrogen-bond acceptors (Lipinski definition) is 4. The highest BCUT2D eigenvalue weighted by atomic mass is 32.1. The Kier molecular flexibility index (Phi) is 6.76. The molecule has 25 heavy (non-hydrogen) atoms. The average Bonchev–Trinajstić information content (AvgIpc) is 2.92. The van der Waals surface area contributed by atoms with Gasteiger partial charge in [-0.3, -0.25) is 9.59 Å². The highest BCUT2D eigenvalue weighted by Gasteiger charge is 2.15. The van der Waals surface area contributed by atoms with Crippen molar-refractivity contribution in [1.29, 1.82) is 0 Å². The van der Waals surface area contributed by atoms with Crippen LogP contribution in [0.25, 0.3) is 0 Å². The van der Waals surface area contributed by atoms with Crippen molar-refractivity contribution in [3.8, 4) is 5.75 Å². The van der Waals surface area contributed by atoms with Gasteiger partial charge in [0.2, 0.25) is 5.91 Å². The van der Waals surface area contributed by atoms with Crippen LogP contribution in [-0.2, 0) is 4.79 Å². The zero-order valence-electron chi connectivity index (χ0n) is 15.3. The number of carbonyl (C=O) groups excluding carboxylic acids is 2. The van der Waals surface area contributed by atoms with E-state index in [1.807, 2.05) is 51.1 Å². The second kappa shape index (κ2) is 8.81. The molecule has 5 heteroatoms. The maximum atomic E-state index is 12.2. The van der Waals surface area contributed by atoms with E-state index in [1.54, 1.807) is 23.3 Å². The first kappa shape index (κ1) is 19.2. The molecule has 0 radical (unpaired) electrons. The molecule has 0 saturated heterocycles. The number of ketones is 1. The molecule has 0 bridgehead atoms. The summed E-state index contributed by atoms with van der Waals surface area (Å²) in [4.78, 5) is 28.2. The topological polar surface area (TPSA) is 46.6 Å². The lowest BCUT2D eigenvalue weighted by molar-refractivity contribution is -0.130. The Morgan fingerprint density at radius 3 is 2.36 bits per heavy atom. The zero-order chi connectivity index (χ0) is 18.4. The first-order chi connectivity index (χ1) is 11.9. The van der Waals surface area contributed by atoms with Gasteiger partial charge < -0.3 is 9.64 Å². The van der Waals surface area contributed by atoms with Crippen LogP contribution in [0.5, 0.6) is 5.75 Å². The number of amides is 1. The normalized spacial score (nSPS) is 10.6. The lowest BCUT2D eigenvalue weighted by Gasteiger charge is -2.17. The van der Waals surface area contributed by atoms with E-state index in [4.69, 9.17) is 4.74 Å². The van der Waals surface area contributed by atoms with Crippen LogP contribution in [0.3, 0.4) is 0 Å². The first-order valence-electron chi connectivity index (χ1n) is 8.40. The van der Waals surface area contributed by atoms with Gasteiger partial charge >= 0.3 is 0 Å². The summed E-state index contributed by atoms with van der Waals surface area (Å²) in [7, 11) is 1.74. The fourth-order valence-corrected chi connectivity index (χ4v) is 3.46. The number of rotatable bonds is 8. The zero-order valence-corrected chi connectivity index (χ0v) is 16.1. The quantitative estimate of drug-likeness (QED) is 0.665. The minimum absolute atomic E-state index is 0.0366. The Balaban J connectivity index is 1.73. The number of nitrogens with zero attached hydrogens (tertiary/aromatic N) is 1. The second-order valence-corrected chi connectivity index (χ2v) is 7.69. The number of aryl methyl sites for hydroxylation is 3. The number of Topliss-reactive ketones (excluding diaryl/α,β-unsaturated/α-hetero) is 1. The molecule has 2 aromatic rings. The van der Waals surface area contributed by atoms with Crippen molar-refractivity contribution in [3.05, 3.63) is 51.2 Å². The van der Waals surface area contributed by atoms with Crippen LogP contribution >= 0.6 is 11.3 Å². The highest BCUT2D eigenvalue weighted by molar-refractivity contribution is 7.12. The molecule has 0 unspecified atom stereocenters. The molecular formula is C20H25NO3S. The molecule has 134 valence electrons. The van der Waals surface area contributed by atoms with Crippen molar-refractivity contribution in [3.63, 3.8) is 0 Å². The lowest BCUT2D eigenvalue weighted by Crippen LogP contribution is -2.31. The first-order valence-corrected chi connectivity index (χ1v) is 9.22. The SMILES string of the molecule is Cc1ccc(OCCN(C)C(=O)CCC(=O)c2cc(C)sc2C)cc1. The predicted molar refractivity (Wildman–Crippen MR) is 102 cm³/mol. The summed E-state index contributed by atoms with van der Waals surface area (Å²) in [5.74, 6) is 0.801. The summed E-state index contributed by atoms with van der Waals surface area (Å²) < 4.78 is 5.64. The molecule has 0 atom stereocenters. The lowest BCUT2D eigenvalue weighted by atomic mass is 10.1. The van der Waals surface area contributed by atoms with Crippen molar-refractivity contribution in [1.82, 2.24) is 4.90 Å². The molecule has 1 heterocycles. The van der Waals surface area contributed by atoms with Crippen LogP contribution in [0.2, 0.25) is 0 Å². The second-order valence-electron chi connectivity index (χ2n) is 6.23. The average molecular weight is 359 g/mol. The summed E-state index contributed by atoms with van der Waals surface area (Å²) in [6, 6.07) is 9.72. The van der Waals surface area contributed by atoms with E-state index in [0.29, 0.717) is 13.2 Å². The third-order valence-electron chi connectivity index (χ3n) is 4.05. The predicted octanol–water partition coefficient (Wildman–Crippen LogP) is 4.17. The van der Waals surface area contributed by atoms with E-state index in [1.165, 1.54) is 5.56 Å². The molecule has 0 N–H and O–H groups in total. The van der Waals surface area contributed by atoms with E-state index in [-0.39, 0.29) is 24.5 Å². The third kappa shape index (κ3) is 5.71. The molecule has 2 rings (SSSR count). The minimum atomic E-state index is -0.0366. The van der Waals surface area contributed by atoms with Crippen LogP contribution in [0.15, 0.2) is 30.3 Å². The Labute approximate surface area is 153 Å². The standard InChI is InChI=1S/C20H25NO3S/c1-14-5-7-17(8-6-14)24-12-11-21(4)20(23)10-9-19(22)18-13-15(2)25-16(18)3/h5-8,13H,9-12H2,1-4H3. The largest absolute Gasteiger partial charge is 0.492 e. The Morgan fingerprint density at radius 1 is 1.08 bits per heavy atom. The van der Waals surface area contributed by atoms with Crippen molar-refractivity contribution in [2.45, 2.75) is 33.6 Å². The van der Waals surface area contributed by atoms with Gasteiger partial charge in [0.05, 0.1) is 6.54 Å². The summed E-state index contributed by atoms with van der Waals surface area (Å²) in [5, 5.41) is 0. The molecule has 1 amide bonds. The van der Waals surface area contributed by atoms with Gasteiger partial charge in [-0.05, 0) is 39.0 Å². The summed E-state index contributed by atoms with van der Waals surface area (Å²) >= 11 is 1.62. The van der Waals surface area contributed by atoms with Crippen LogP contribution < -0.4 is 4.74 Å². The fourth-order valence-electron chi connectivity index (χ4n) is 2.51. The summed E-state index contributed by atoms with van der Waals surface area (Å²) in [5.41, 5.74) is 1.93. The van der Waals surface area contributed by atoms with Gasteiger partial charge in [-0.1, -0.05) is 17.7 Å². The number of carbonyl (C=O) groups is 2. The van der Waals surface area contributed by atoms with E-state index >= 15 is 0 Å². The molecule has 0 saturated carbocycles. The summed E-state index contributed by atoms with van der Waals surface area (Å²) in [6.45, 7) is 6.89. The number of benzene rings is 1. The van der Waals surface area contributed by atoms with Gasteiger partial charge in [0.25, 0.3) is 0 Å². The van der Waals surface area contributed by atoms with Crippen molar-refractivity contribution in [2.75, 3.05) is 20.2 Å². The number of ether oxygens (including phenoxy) is 1. The van der Waals surface area contributed by atoms with Crippen molar-refractivity contribution in [2.24, 2.45) is 0 Å². The van der Waals surface area contributed by atoms with Crippen LogP contribution in [0.4, 0.5) is 0 Å². The fraction of sp³-hybridized carbons (Fsp3) is 0.400. The molecule has 4 nitrogen and oxygen atoms in total. The van der Waals surface area contributed by atoms with Crippen LogP contribution in [0.1, 0.15) is 38.5 Å². The van der Waals surface area contributed by atoms with Gasteiger partial charge in [0.15, 0.2) is 5.78 Å². The van der Waals surface area contributed by atoms with E-state index in [2.05, 4.69) is 0 Å². The molecule has 0 aliphatic rings. The minimum Gasteiger partial charge on any atom is -0.492 e. The maximum absolute atomic E-state index is 12.2. The molecule has 0 fully saturated rings. The van der Waals surface area contributed by atoms with Gasteiger partial charge in [0.1, 0.15) is 12.4 Å². The monoisotopic (exact) mass is 359 g/mol. The number of likely N-dealkylation sites (N-methyl/N-ethyl adjacent to an activating group) is 1. The molecule has 0 spiro atoms. The van der Waals surface area contributed by atoms with Gasteiger partial charge in [-0.25, -0.2) is 0 Å². The Hall–Kier alpha value is -2.14. The smallest absolute Gasteiger partial charge is 0.222 e. The van der Waals surface area contributed by atoms with E-state index < -0.39 is 0 Å². The maximum Gasteiger partial charge on any atom is 0.222 e. The Bertz CT molecular complexity index is 734. The van der Waals surface area contributed by atoms with Gasteiger partial charge in [-0.15, -0.1) is 11.3 Å². The van der Waals surface area contributed by atoms with Crippen LogP contribution in [-0.4, -0.2) is 36.8 Å². The molecular weight excluding hydrogens is 334 g/mol. The van der Waals surface area contributed by atoms with E-state index in [0.717, 1.165) is 21.1 Å². The molecule has 1 aromatic heterocycles. The molecule has 1 aromatic carbocycles. The number of hydrogen-bond donors (Lipinski definition) is 0.